The summed E-state index contributed by atoms with van der Waals surface area (Å²) in [4.78, 5) is 0. The molecule has 0 aromatic heterocycles. The standard InChI is InChI=1S/C13H20ClN3O/c1-8-10(5-6-15)13(17-16-8)11-4-3-9(18-2)7-12(11)14/h3-4,7-8,10,13,16-17H,5-6,15H2,1-2H3. The topological polar surface area (TPSA) is 59.3 Å². The Kier molecular flexibility index (Phi) is 4.45. The second kappa shape index (κ2) is 5.89. The van der Waals surface area contributed by atoms with Gasteiger partial charge >= 0.3 is 0 Å². The Morgan fingerprint density at radius 2 is 2.17 bits per heavy atom. The Labute approximate surface area is 113 Å². The summed E-state index contributed by atoms with van der Waals surface area (Å²) in [6, 6.07) is 6.38. The van der Waals surface area contributed by atoms with Crippen molar-refractivity contribution in [1.29, 1.82) is 0 Å². The van der Waals surface area contributed by atoms with Gasteiger partial charge in [0.2, 0.25) is 0 Å². The number of hydrazine groups is 1. The van der Waals surface area contributed by atoms with Crippen molar-refractivity contribution < 1.29 is 4.74 Å². The van der Waals surface area contributed by atoms with Crippen LogP contribution in [0.2, 0.25) is 5.02 Å². The van der Waals surface area contributed by atoms with E-state index >= 15 is 0 Å². The van der Waals surface area contributed by atoms with Crippen LogP contribution in [0.4, 0.5) is 0 Å². The van der Waals surface area contributed by atoms with Gasteiger partial charge in [0.25, 0.3) is 0 Å². The van der Waals surface area contributed by atoms with E-state index in [1.54, 1.807) is 7.11 Å². The minimum Gasteiger partial charge on any atom is -0.497 e. The number of benzene rings is 1. The van der Waals surface area contributed by atoms with Crippen LogP contribution in [0.3, 0.4) is 0 Å². The van der Waals surface area contributed by atoms with Crippen LogP contribution in [0.1, 0.15) is 24.9 Å². The molecule has 0 aliphatic carbocycles. The van der Waals surface area contributed by atoms with E-state index in [0.717, 1.165) is 22.8 Å². The zero-order valence-electron chi connectivity index (χ0n) is 10.7. The van der Waals surface area contributed by atoms with Crippen molar-refractivity contribution in [3.05, 3.63) is 28.8 Å². The summed E-state index contributed by atoms with van der Waals surface area (Å²) < 4.78 is 5.17. The maximum atomic E-state index is 6.32. The van der Waals surface area contributed by atoms with Gasteiger partial charge in [-0.25, -0.2) is 5.43 Å². The summed E-state index contributed by atoms with van der Waals surface area (Å²) >= 11 is 6.32. The highest BCUT2D eigenvalue weighted by atomic mass is 35.5. The highest BCUT2D eigenvalue weighted by molar-refractivity contribution is 6.31. The minimum atomic E-state index is 0.196. The summed E-state index contributed by atoms with van der Waals surface area (Å²) in [6.07, 6.45) is 0.966. The molecule has 0 radical (unpaired) electrons. The molecule has 5 heteroatoms. The summed E-state index contributed by atoms with van der Waals surface area (Å²) in [6.45, 7) is 2.84. The van der Waals surface area contributed by atoms with Crippen molar-refractivity contribution in [3.63, 3.8) is 0 Å². The van der Waals surface area contributed by atoms with Crippen molar-refractivity contribution >= 4 is 11.6 Å². The molecule has 2 rings (SSSR count). The Morgan fingerprint density at radius 1 is 1.39 bits per heavy atom. The smallest absolute Gasteiger partial charge is 0.120 e. The second-order valence-corrected chi connectivity index (χ2v) is 5.09. The van der Waals surface area contributed by atoms with Crippen molar-refractivity contribution in [2.24, 2.45) is 11.7 Å². The maximum Gasteiger partial charge on any atom is 0.120 e. The molecule has 1 aromatic carbocycles. The fourth-order valence-electron chi connectivity index (χ4n) is 2.53. The van der Waals surface area contributed by atoms with E-state index < -0.39 is 0 Å². The molecule has 1 saturated heterocycles. The first kappa shape index (κ1) is 13.6. The lowest BCUT2D eigenvalue weighted by molar-refractivity contribution is 0.405. The van der Waals surface area contributed by atoms with E-state index in [1.165, 1.54) is 0 Å². The zero-order chi connectivity index (χ0) is 13.1. The average molecular weight is 270 g/mol. The van der Waals surface area contributed by atoms with Crippen LogP contribution in [-0.4, -0.2) is 19.7 Å². The van der Waals surface area contributed by atoms with Crippen molar-refractivity contribution in [2.75, 3.05) is 13.7 Å². The average Bonchev–Trinajstić information content (AvgIpc) is 2.72. The number of hydrogen-bond donors (Lipinski definition) is 3. The molecule has 0 amide bonds. The fourth-order valence-corrected chi connectivity index (χ4v) is 2.82. The molecule has 3 atom stereocenters. The number of rotatable bonds is 4. The molecule has 1 aliphatic heterocycles. The van der Waals surface area contributed by atoms with Gasteiger partial charge in [-0.3, -0.25) is 5.43 Å². The first-order valence-corrected chi connectivity index (χ1v) is 6.59. The Hall–Kier alpha value is -0.810. The number of ether oxygens (including phenoxy) is 1. The first-order valence-electron chi connectivity index (χ1n) is 6.22. The molecule has 1 aliphatic rings. The summed E-state index contributed by atoms with van der Waals surface area (Å²) in [5, 5.41) is 0.727. The molecule has 1 fully saturated rings. The monoisotopic (exact) mass is 269 g/mol. The van der Waals surface area contributed by atoms with Crippen LogP contribution >= 0.6 is 11.6 Å². The normalized spacial score (nSPS) is 27.4. The molecule has 18 heavy (non-hydrogen) atoms. The molecule has 100 valence electrons. The van der Waals surface area contributed by atoms with Gasteiger partial charge < -0.3 is 10.5 Å². The molecule has 3 unspecified atom stereocenters. The van der Waals surface area contributed by atoms with Crippen LogP contribution in [0, 0.1) is 5.92 Å². The molecule has 4 N–H and O–H groups in total. The van der Waals surface area contributed by atoms with Crippen LogP contribution in [0.15, 0.2) is 18.2 Å². The Bertz CT molecular complexity index is 413. The number of nitrogens with two attached hydrogens (primary N) is 1. The number of methoxy groups -OCH3 is 1. The molecule has 1 heterocycles. The highest BCUT2D eigenvalue weighted by Gasteiger charge is 2.34. The molecule has 0 saturated carbocycles. The Morgan fingerprint density at radius 3 is 2.78 bits per heavy atom. The van der Waals surface area contributed by atoms with Gasteiger partial charge in [-0.15, -0.1) is 0 Å². The van der Waals surface area contributed by atoms with Gasteiger partial charge in [0.15, 0.2) is 0 Å². The SMILES string of the molecule is COc1ccc(C2NNC(C)C2CCN)c(Cl)c1. The van der Waals surface area contributed by atoms with Gasteiger partial charge in [-0.05, 0) is 43.5 Å². The molecule has 0 spiro atoms. The predicted octanol–water partition coefficient (Wildman–Crippen LogP) is 1.85. The van der Waals surface area contributed by atoms with Crippen molar-refractivity contribution in [3.8, 4) is 5.75 Å². The van der Waals surface area contributed by atoms with E-state index in [2.05, 4.69) is 17.8 Å². The highest BCUT2D eigenvalue weighted by Crippen LogP contribution is 2.36. The summed E-state index contributed by atoms with van der Waals surface area (Å²) in [7, 11) is 1.64. The quantitative estimate of drug-likeness (QED) is 0.781. The second-order valence-electron chi connectivity index (χ2n) is 4.68. The lowest BCUT2D eigenvalue weighted by Crippen LogP contribution is -2.29. The van der Waals surface area contributed by atoms with Crippen molar-refractivity contribution in [2.45, 2.75) is 25.4 Å². The van der Waals surface area contributed by atoms with Crippen LogP contribution in [-0.2, 0) is 0 Å². The Balaban J connectivity index is 2.25. The molecule has 4 nitrogen and oxygen atoms in total. The fraction of sp³-hybridized carbons (Fsp3) is 0.538. The van der Waals surface area contributed by atoms with Crippen molar-refractivity contribution in [1.82, 2.24) is 10.9 Å². The lowest BCUT2D eigenvalue weighted by atomic mass is 9.87. The number of hydrogen-bond acceptors (Lipinski definition) is 4. The third-order valence-corrected chi connectivity index (χ3v) is 3.91. The van der Waals surface area contributed by atoms with E-state index in [1.807, 2.05) is 18.2 Å². The van der Waals surface area contributed by atoms with Gasteiger partial charge in [0, 0.05) is 11.1 Å². The van der Waals surface area contributed by atoms with E-state index in [0.29, 0.717) is 18.5 Å². The molecular formula is C13H20ClN3O. The summed E-state index contributed by atoms with van der Waals surface area (Å²) in [5.41, 5.74) is 13.3. The van der Waals surface area contributed by atoms with Crippen LogP contribution in [0.25, 0.3) is 0 Å². The van der Waals surface area contributed by atoms with Gasteiger partial charge in [0.1, 0.15) is 5.75 Å². The van der Waals surface area contributed by atoms with Gasteiger partial charge in [-0.1, -0.05) is 17.7 Å². The molecule has 0 bridgehead atoms. The number of nitrogens with one attached hydrogen (secondary N) is 2. The zero-order valence-corrected chi connectivity index (χ0v) is 11.5. The third kappa shape index (κ3) is 2.62. The minimum absolute atomic E-state index is 0.196. The van der Waals surface area contributed by atoms with Crippen LogP contribution in [0.5, 0.6) is 5.75 Å². The van der Waals surface area contributed by atoms with Gasteiger partial charge in [0.05, 0.1) is 13.2 Å². The van der Waals surface area contributed by atoms with Gasteiger partial charge in [-0.2, -0.15) is 0 Å². The van der Waals surface area contributed by atoms with E-state index in [-0.39, 0.29) is 6.04 Å². The van der Waals surface area contributed by atoms with E-state index in [4.69, 9.17) is 22.1 Å². The lowest BCUT2D eigenvalue weighted by Gasteiger charge is -2.21. The molecule has 1 aromatic rings. The summed E-state index contributed by atoms with van der Waals surface area (Å²) in [5.74, 6) is 1.22. The first-order chi connectivity index (χ1) is 8.67. The third-order valence-electron chi connectivity index (χ3n) is 3.58. The van der Waals surface area contributed by atoms with Crippen LogP contribution < -0.4 is 21.3 Å². The maximum absolute atomic E-state index is 6.32. The predicted molar refractivity (Wildman–Crippen MR) is 73.6 cm³/mol. The number of halogens is 1. The molecular weight excluding hydrogens is 250 g/mol. The largest absolute Gasteiger partial charge is 0.497 e. The van der Waals surface area contributed by atoms with E-state index in [9.17, 15) is 0 Å².